The first-order chi connectivity index (χ1) is 28.1. The zero-order valence-corrected chi connectivity index (χ0v) is 35.3. The molecule has 21 heteroatoms. The predicted molar refractivity (Wildman–Crippen MR) is 220 cm³/mol. The fourth-order valence-corrected chi connectivity index (χ4v) is 6.62. The summed E-state index contributed by atoms with van der Waals surface area (Å²) >= 11 is 0. The molecule has 8 amide bonds. The maximum absolute atomic E-state index is 13.3. The first kappa shape index (κ1) is 50.1. The Morgan fingerprint density at radius 1 is 0.847 bits per heavy atom. The van der Waals surface area contributed by atoms with Gasteiger partial charge in [-0.2, -0.15) is 0 Å². The lowest BCUT2D eigenvalue weighted by molar-refractivity contribution is -0.135. The lowest BCUT2D eigenvalue weighted by Gasteiger charge is -2.25. The molecule has 2 atom stereocenters. The molecule has 21 nitrogen and oxygen atoms in total. The van der Waals surface area contributed by atoms with E-state index in [0.717, 1.165) is 58.0 Å². The number of carbonyl (C=O) groups excluding carboxylic acids is 8. The van der Waals surface area contributed by atoms with Crippen molar-refractivity contribution in [2.45, 2.75) is 110 Å². The number of rotatable bonds is 28. The summed E-state index contributed by atoms with van der Waals surface area (Å²) in [6, 6.07) is -1.68. The minimum atomic E-state index is -1.02. The van der Waals surface area contributed by atoms with Crippen LogP contribution in [0.2, 0.25) is 0 Å². The van der Waals surface area contributed by atoms with Crippen molar-refractivity contribution in [3.63, 3.8) is 0 Å². The van der Waals surface area contributed by atoms with Crippen LogP contribution >= 0.6 is 0 Å². The minimum Gasteiger partial charge on any atom is -0.368 e. The Labute approximate surface area is 347 Å². The fourth-order valence-electron chi connectivity index (χ4n) is 6.62. The van der Waals surface area contributed by atoms with Gasteiger partial charge in [-0.3, -0.25) is 43.4 Å². The molecular formula is C38H69N13O8. The van der Waals surface area contributed by atoms with Crippen LogP contribution in [0.15, 0.2) is 11.9 Å². The van der Waals surface area contributed by atoms with Crippen LogP contribution in [0.5, 0.6) is 0 Å². The van der Waals surface area contributed by atoms with Crippen molar-refractivity contribution in [3.05, 3.63) is 11.9 Å². The third-order valence-electron chi connectivity index (χ3n) is 9.99. The molecule has 0 saturated heterocycles. The Morgan fingerprint density at radius 3 is 2.17 bits per heavy atom. The largest absolute Gasteiger partial charge is 0.368 e. The molecule has 1 aliphatic carbocycles. The third-order valence-corrected chi connectivity index (χ3v) is 9.99. The second kappa shape index (κ2) is 27.6. The zero-order chi connectivity index (χ0) is 43.7. The summed E-state index contributed by atoms with van der Waals surface area (Å²) in [5.41, 5.74) is 17.4. The highest BCUT2D eigenvalue weighted by atomic mass is 16.2. The van der Waals surface area contributed by atoms with Crippen molar-refractivity contribution in [1.29, 1.82) is 0 Å². The van der Waals surface area contributed by atoms with Crippen molar-refractivity contribution in [3.8, 4) is 0 Å². The number of nitrogens with zero attached hydrogens (tertiary/aromatic N) is 3. The van der Waals surface area contributed by atoms with Gasteiger partial charge in [0, 0.05) is 37.7 Å². The molecule has 1 heterocycles. The van der Waals surface area contributed by atoms with Crippen LogP contribution < -0.4 is 54.3 Å². The van der Waals surface area contributed by atoms with Crippen molar-refractivity contribution < 1.29 is 38.4 Å². The first-order valence-corrected chi connectivity index (χ1v) is 20.8. The Hall–Kier alpha value is -5.02. The molecule has 0 bridgehead atoms. The smallest absolute Gasteiger partial charge is 0.243 e. The maximum Gasteiger partial charge on any atom is 0.243 e. The van der Waals surface area contributed by atoms with Crippen LogP contribution in [-0.2, 0) is 38.4 Å². The van der Waals surface area contributed by atoms with E-state index >= 15 is 0 Å². The highest BCUT2D eigenvalue weighted by Crippen LogP contribution is 2.23. The Bertz CT molecular complexity index is 1440. The van der Waals surface area contributed by atoms with Gasteiger partial charge in [-0.05, 0) is 78.9 Å². The summed E-state index contributed by atoms with van der Waals surface area (Å²) in [6.07, 6.45) is 8.58. The molecule has 0 unspecified atom stereocenters. The van der Waals surface area contributed by atoms with Gasteiger partial charge in [-0.25, -0.2) is 0 Å². The predicted octanol–water partition coefficient (Wildman–Crippen LogP) is -2.86. The topological polar surface area (TPSA) is 295 Å². The Kier molecular flexibility index (Phi) is 23.5. The molecule has 2 rings (SSSR count). The summed E-state index contributed by atoms with van der Waals surface area (Å²) in [5, 5.41) is 17.1. The zero-order valence-electron chi connectivity index (χ0n) is 35.3. The van der Waals surface area contributed by atoms with E-state index in [-0.39, 0.29) is 50.8 Å². The van der Waals surface area contributed by atoms with Crippen LogP contribution in [0.25, 0.3) is 0 Å². The molecule has 0 aromatic carbocycles. The van der Waals surface area contributed by atoms with Crippen LogP contribution in [0.4, 0.5) is 0 Å². The summed E-state index contributed by atoms with van der Waals surface area (Å²) in [7, 11) is 0. The van der Waals surface area contributed by atoms with Gasteiger partial charge in [0.2, 0.25) is 47.3 Å². The van der Waals surface area contributed by atoms with E-state index in [1.54, 1.807) is 11.2 Å². The number of hydrogen-bond donors (Lipinski definition) is 10. The average Bonchev–Trinajstić information content (AvgIpc) is 3.66. The number of carbonyl (C=O) groups is 8. The van der Waals surface area contributed by atoms with Gasteiger partial charge >= 0.3 is 0 Å². The van der Waals surface area contributed by atoms with Gasteiger partial charge in [0.05, 0.1) is 38.4 Å². The van der Waals surface area contributed by atoms with Crippen LogP contribution in [-0.4, -0.2) is 146 Å². The van der Waals surface area contributed by atoms with E-state index in [2.05, 4.69) is 68.5 Å². The average molecular weight is 836 g/mol. The number of amides is 8. The SMILES string of the molecule is CCN(CCCC[C@H](NC(=O)CNC(=O)[C@H](C)NC(=O)CNC(=O)C1CCCCC1)C(=O)NCC(=O)NCCC(=O)N(CC(N)=O)CC1=CN(CCCN)NN1)C(C)C. The second-order valence-corrected chi connectivity index (χ2v) is 15.2. The van der Waals surface area contributed by atoms with Crippen LogP contribution in [0.1, 0.15) is 91.9 Å². The summed E-state index contributed by atoms with van der Waals surface area (Å²) in [5.74, 6) is -4.44. The Morgan fingerprint density at radius 2 is 1.51 bits per heavy atom. The third kappa shape index (κ3) is 20.5. The van der Waals surface area contributed by atoms with E-state index in [4.69, 9.17) is 11.5 Å². The molecule has 0 aromatic rings. The molecular weight excluding hydrogens is 767 g/mol. The van der Waals surface area contributed by atoms with Crippen molar-refractivity contribution in [2.24, 2.45) is 17.4 Å². The summed E-state index contributed by atoms with van der Waals surface area (Å²) < 4.78 is 0. The van der Waals surface area contributed by atoms with Gasteiger partial charge in [-0.1, -0.05) is 26.2 Å². The van der Waals surface area contributed by atoms with Crippen molar-refractivity contribution >= 4 is 47.3 Å². The molecule has 59 heavy (non-hydrogen) atoms. The van der Waals surface area contributed by atoms with Gasteiger partial charge in [0.1, 0.15) is 12.1 Å². The van der Waals surface area contributed by atoms with E-state index in [9.17, 15) is 38.4 Å². The Balaban J connectivity index is 1.86. The van der Waals surface area contributed by atoms with Crippen molar-refractivity contribution in [1.82, 2.24) is 57.7 Å². The molecule has 12 N–H and O–H groups in total. The fraction of sp³-hybridized carbons (Fsp3) is 0.737. The van der Waals surface area contributed by atoms with E-state index in [0.29, 0.717) is 31.2 Å². The van der Waals surface area contributed by atoms with E-state index in [1.165, 1.54) is 11.8 Å². The van der Waals surface area contributed by atoms with Gasteiger partial charge in [0.15, 0.2) is 0 Å². The molecule has 0 aromatic heterocycles. The molecule has 334 valence electrons. The van der Waals surface area contributed by atoms with Crippen LogP contribution in [0, 0.1) is 5.92 Å². The molecule has 1 saturated carbocycles. The highest BCUT2D eigenvalue weighted by Gasteiger charge is 2.25. The van der Waals surface area contributed by atoms with E-state index < -0.39 is 66.5 Å². The number of hydrazine groups is 2. The highest BCUT2D eigenvalue weighted by molar-refractivity contribution is 5.94. The minimum absolute atomic E-state index is 0.0689. The quantitative estimate of drug-likeness (QED) is 0.0356. The number of nitrogens with one attached hydrogen (secondary N) is 8. The second-order valence-electron chi connectivity index (χ2n) is 15.2. The number of hydrogen-bond acceptors (Lipinski definition) is 13. The normalized spacial score (nSPS) is 15.0. The summed E-state index contributed by atoms with van der Waals surface area (Å²) in [6.45, 7) is 8.97. The lowest BCUT2D eigenvalue weighted by atomic mass is 9.89. The molecule has 1 fully saturated rings. The van der Waals surface area contributed by atoms with Gasteiger partial charge in [0.25, 0.3) is 0 Å². The maximum atomic E-state index is 13.3. The number of unbranched alkanes of at least 4 members (excludes halogenated alkanes) is 1. The standard InChI is InChI=1S/C38H69N13O8/c1-5-49(26(2)3)18-10-9-14-30(46-34(55)22-42-36(57)27(4)45-33(54)21-43-37(58)28-12-7-6-8-13-28)38(59)44-20-32(53)41-17-15-35(56)50(25-31(40)52)23-29-24-51(48-47-29)19-11-16-39/h24,26-28,30,47-48H,5-23,25,39H2,1-4H3,(H2,40,52)(H,41,53)(H,42,57)(H,43,58)(H,44,59)(H,45,54)(H,46,55)/t27-,30-/m0/s1. The molecule has 0 spiro atoms. The lowest BCUT2D eigenvalue weighted by Crippen LogP contribution is -2.53. The van der Waals surface area contributed by atoms with Crippen molar-refractivity contribution in [2.75, 3.05) is 65.4 Å². The van der Waals surface area contributed by atoms with Gasteiger partial charge in [-0.15, -0.1) is 5.53 Å². The number of primary amides is 1. The van der Waals surface area contributed by atoms with Crippen LogP contribution in [0.3, 0.4) is 0 Å². The number of nitrogens with two attached hydrogens (primary N) is 2. The van der Waals surface area contributed by atoms with E-state index in [1.807, 2.05) is 0 Å². The monoisotopic (exact) mass is 836 g/mol. The summed E-state index contributed by atoms with van der Waals surface area (Å²) in [4.78, 5) is 104. The first-order valence-electron chi connectivity index (χ1n) is 20.8. The van der Waals surface area contributed by atoms with Gasteiger partial charge < -0.3 is 58.6 Å². The molecule has 0 radical (unpaired) electrons. The molecule has 2 aliphatic rings. The molecule has 1 aliphatic heterocycles.